The van der Waals surface area contributed by atoms with E-state index in [1.54, 1.807) is 60.7 Å². The SMILES string of the molecule is CSCC[C@H](NC(=O)[C@@H](CC(C)C)NC(=O)CNC(=O)[C@H](Cc1ccccc1)NC(=O)[C@H](Cc1ccccc1)NC(=O)[C@@H](CCC(N)=O)NC(=O)[C@H](CCC(N)=O)NC(=O)[C@H]1CCCN1C(=O)[C@@H](CCCCN)NC(=O)[C@@H]1CCCN1C(=O)[C@H](N)CCCN=C(N)N)C(N)=O. The van der Waals surface area contributed by atoms with Crippen molar-refractivity contribution in [2.45, 2.75) is 183 Å². The van der Waals surface area contributed by atoms with Gasteiger partial charge in [0.15, 0.2) is 5.96 Å². The summed E-state index contributed by atoms with van der Waals surface area (Å²) >= 11 is 1.45. The van der Waals surface area contributed by atoms with Crippen molar-refractivity contribution in [1.29, 1.82) is 0 Å². The lowest BCUT2D eigenvalue weighted by Crippen LogP contribution is -2.60. The van der Waals surface area contributed by atoms with Gasteiger partial charge >= 0.3 is 0 Å². The number of carbonyl (C=O) groups excluding carboxylic acids is 13. The molecule has 32 heteroatoms. The van der Waals surface area contributed by atoms with Gasteiger partial charge in [-0.25, -0.2) is 0 Å². The average molecular weight is 1350 g/mol. The predicted molar refractivity (Wildman–Crippen MR) is 356 cm³/mol. The normalized spacial score (nSPS) is 16.8. The van der Waals surface area contributed by atoms with E-state index in [0.717, 1.165) is 0 Å². The Hall–Kier alpha value is -8.91. The Morgan fingerprint density at radius 2 is 1.01 bits per heavy atom. The number of unbranched alkanes of at least 4 members (excludes halogenated alkanes) is 1. The Labute approximate surface area is 558 Å². The van der Waals surface area contributed by atoms with Crippen LogP contribution in [0.15, 0.2) is 65.7 Å². The van der Waals surface area contributed by atoms with E-state index in [-0.39, 0.29) is 83.0 Å². The van der Waals surface area contributed by atoms with Crippen molar-refractivity contribution >= 4 is 94.5 Å². The maximum atomic E-state index is 14.7. The van der Waals surface area contributed by atoms with Crippen LogP contribution < -0.4 is 82.7 Å². The number of likely N-dealkylation sites (tertiary alicyclic amines) is 2. The summed E-state index contributed by atoms with van der Waals surface area (Å²) in [5.74, 6) is -9.80. The van der Waals surface area contributed by atoms with Crippen LogP contribution in [0.1, 0.15) is 121 Å². The Kier molecular flexibility index (Phi) is 33.9. The molecule has 31 nitrogen and oxygen atoms in total. The van der Waals surface area contributed by atoms with Gasteiger partial charge in [0.05, 0.1) is 12.6 Å². The van der Waals surface area contributed by atoms with Crippen molar-refractivity contribution in [1.82, 2.24) is 52.3 Å². The van der Waals surface area contributed by atoms with Crippen LogP contribution in [0, 0.1) is 5.92 Å². The first kappa shape index (κ1) is 78.5. The number of aliphatic imine (C=N–C) groups is 1. The van der Waals surface area contributed by atoms with E-state index in [9.17, 15) is 62.3 Å². The number of rotatable bonds is 42. The molecule has 0 bridgehead atoms. The zero-order valence-corrected chi connectivity index (χ0v) is 55.3. The van der Waals surface area contributed by atoms with Crippen molar-refractivity contribution in [2.24, 2.45) is 51.0 Å². The van der Waals surface area contributed by atoms with Gasteiger partial charge < -0.3 is 92.5 Å². The number of carbonyl (C=O) groups is 13. The second kappa shape index (κ2) is 41.0. The predicted octanol–water partition coefficient (Wildman–Crippen LogP) is -3.71. The Bertz CT molecular complexity index is 2960. The van der Waals surface area contributed by atoms with E-state index in [1.165, 1.54) is 21.6 Å². The molecule has 2 saturated heterocycles. The van der Waals surface area contributed by atoms with Crippen LogP contribution in [0.4, 0.5) is 0 Å². The lowest BCUT2D eigenvalue weighted by molar-refractivity contribution is -0.144. The Morgan fingerprint density at radius 1 is 0.537 bits per heavy atom. The van der Waals surface area contributed by atoms with E-state index in [2.05, 4.69) is 47.5 Å². The van der Waals surface area contributed by atoms with Gasteiger partial charge in [0, 0.05) is 45.3 Å². The molecule has 0 radical (unpaired) electrons. The quantitative estimate of drug-likeness (QED) is 0.0173. The van der Waals surface area contributed by atoms with Crippen LogP contribution >= 0.6 is 11.8 Å². The van der Waals surface area contributed by atoms with Crippen LogP contribution in [0.5, 0.6) is 0 Å². The lowest BCUT2D eigenvalue weighted by Gasteiger charge is -2.32. The molecule has 524 valence electrons. The van der Waals surface area contributed by atoms with Gasteiger partial charge in [0.25, 0.3) is 0 Å². The number of nitrogens with zero attached hydrogens (tertiary/aromatic N) is 3. The number of nitrogens with two attached hydrogens (primary N) is 7. The Balaban J connectivity index is 1.56. The number of primary amides is 3. The maximum absolute atomic E-state index is 14.7. The number of amides is 13. The van der Waals surface area contributed by atoms with Gasteiger partial charge in [-0.15, -0.1) is 0 Å². The molecule has 22 N–H and O–H groups in total. The number of nitrogens with one attached hydrogen (secondary N) is 8. The summed E-state index contributed by atoms with van der Waals surface area (Å²) in [6, 6.07) is 4.51. The fourth-order valence-corrected chi connectivity index (χ4v) is 11.5. The van der Waals surface area contributed by atoms with E-state index in [0.29, 0.717) is 55.4 Å². The van der Waals surface area contributed by atoms with Crippen molar-refractivity contribution < 1.29 is 62.3 Å². The fourth-order valence-electron chi connectivity index (χ4n) is 11.0. The molecular formula is C63H98N18O13S. The first-order chi connectivity index (χ1) is 45.2. The summed E-state index contributed by atoms with van der Waals surface area (Å²) in [7, 11) is 0. The molecule has 95 heavy (non-hydrogen) atoms. The van der Waals surface area contributed by atoms with E-state index >= 15 is 0 Å². The highest BCUT2D eigenvalue weighted by atomic mass is 32.2. The molecule has 2 aromatic rings. The highest BCUT2D eigenvalue weighted by Gasteiger charge is 2.42. The molecule has 2 heterocycles. The minimum atomic E-state index is -1.64. The fraction of sp³-hybridized carbons (Fsp3) is 0.587. The van der Waals surface area contributed by atoms with Crippen LogP contribution in [0.3, 0.4) is 0 Å². The molecule has 0 saturated carbocycles. The second-order valence-electron chi connectivity index (χ2n) is 24.1. The van der Waals surface area contributed by atoms with Gasteiger partial charge in [-0.3, -0.25) is 67.3 Å². The number of guanidine groups is 1. The molecule has 0 aromatic heterocycles. The summed E-state index contributed by atoms with van der Waals surface area (Å²) in [6.07, 6.45) is 3.12. The van der Waals surface area contributed by atoms with Crippen molar-refractivity contribution in [3.05, 3.63) is 71.8 Å². The number of hydrogen-bond donors (Lipinski definition) is 15. The summed E-state index contributed by atoms with van der Waals surface area (Å²) in [6.45, 7) is 3.86. The van der Waals surface area contributed by atoms with Crippen molar-refractivity contribution in [3.8, 4) is 0 Å². The number of thioether (sulfide) groups is 1. The smallest absolute Gasteiger partial charge is 0.245 e. The molecule has 2 fully saturated rings. The van der Waals surface area contributed by atoms with Crippen molar-refractivity contribution in [2.75, 3.05) is 44.7 Å². The third-order valence-electron chi connectivity index (χ3n) is 16.0. The zero-order chi connectivity index (χ0) is 70.1. The van der Waals surface area contributed by atoms with E-state index in [1.807, 2.05) is 20.1 Å². The first-order valence-electron chi connectivity index (χ1n) is 32.2. The molecule has 10 atom stereocenters. The molecule has 0 unspecified atom stereocenters. The third-order valence-corrected chi connectivity index (χ3v) is 16.7. The van der Waals surface area contributed by atoms with E-state index in [4.69, 9.17) is 40.1 Å². The first-order valence-corrected chi connectivity index (χ1v) is 33.6. The molecular weight excluding hydrogens is 1250 g/mol. The summed E-state index contributed by atoms with van der Waals surface area (Å²) in [5, 5.41) is 21.1. The van der Waals surface area contributed by atoms with Crippen LogP contribution in [-0.4, -0.2) is 198 Å². The molecule has 4 rings (SSSR count). The number of benzene rings is 2. The lowest BCUT2D eigenvalue weighted by atomic mass is 10.0. The highest BCUT2D eigenvalue weighted by Crippen LogP contribution is 2.24. The average Bonchev–Trinajstić information content (AvgIpc) is 1.74. The molecule has 2 aliphatic rings. The third kappa shape index (κ3) is 27.5. The molecule has 2 aliphatic heterocycles. The topological polar surface area (TPSA) is 519 Å². The highest BCUT2D eigenvalue weighted by molar-refractivity contribution is 7.98. The molecule has 0 spiro atoms. The Morgan fingerprint density at radius 3 is 1.51 bits per heavy atom. The minimum absolute atomic E-state index is 0.0736. The van der Waals surface area contributed by atoms with E-state index < -0.39 is 169 Å². The molecule has 13 amide bonds. The zero-order valence-electron chi connectivity index (χ0n) is 54.5. The molecule has 2 aromatic carbocycles. The van der Waals surface area contributed by atoms with Crippen LogP contribution in [0.25, 0.3) is 0 Å². The summed E-state index contributed by atoms with van der Waals surface area (Å²) in [4.78, 5) is 185. The minimum Gasteiger partial charge on any atom is -0.370 e. The second-order valence-corrected chi connectivity index (χ2v) is 25.1. The maximum Gasteiger partial charge on any atom is 0.245 e. The summed E-state index contributed by atoms with van der Waals surface area (Å²) in [5.41, 5.74) is 40.6. The van der Waals surface area contributed by atoms with Crippen LogP contribution in [-0.2, 0) is 75.2 Å². The monoisotopic (exact) mass is 1350 g/mol. The van der Waals surface area contributed by atoms with Gasteiger partial charge in [0.1, 0.15) is 54.4 Å². The number of hydrogen-bond acceptors (Lipinski definition) is 17. The van der Waals surface area contributed by atoms with Crippen molar-refractivity contribution in [3.63, 3.8) is 0 Å². The van der Waals surface area contributed by atoms with Gasteiger partial charge in [-0.05, 0) is 119 Å². The molecule has 0 aliphatic carbocycles. The summed E-state index contributed by atoms with van der Waals surface area (Å²) < 4.78 is 0. The van der Waals surface area contributed by atoms with Gasteiger partial charge in [-0.2, -0.15) is 11.8 Å². The largest absolute Gasteiger partial charge is 0.370 e. The van der Waals surface area contributed by atoms with Gasteiger partial charge in [0.2, 0.25) is 76.8 Å². The van der Waals surface area contributed by atoms with Gasteiger partial charge in [-0.1, -0.05) is 74.5 Å². The standard InChI is InChI=1S/C63H98N18O13S/c1-37(2)33-45(57(89)74-41(53(68)85)27-32-95-3)73-52(84)36-72-54(86)46(34-38-15-6-4-7-16-38)78-58(90)47(35-39-17-8-5-9-18-39)79-56(88)42(23-25-50(66)82)75-55(87)43(24-26-51(67)83)76-59(91)49-22-14-31-81(49)62(94)44(20-10-11-28-64)77-60(92)48-21-13-30-80(48)61(93)40(65)19-12-29-71-63(69)70/h4-9,15-18,37,40-49H,10-14,19-36,64-65H2,1-3H3,(H2,66,82)(H2,67,83)(H2,68,85)(H,72,86)(H,73,84)(H,74,89)(H,75,87)(H,76,91)(H,77,92)(H,78,90)(H,79,88)(H4,69,70,71)/t40-,41+,42-,43+,44-,45-,46+,47+,48+,49-/m1/s1. The van der Waals surface area contributed by atoms with Crippen LogP contribution in [0.2, 0.25) is 0 Å².